The van der Waals surface area contributed by atoms with Gasteiger partial charge in [0.05, 0.1) is 11.8 Å². The van der Waals surface area contributed by atoms with Crippen LogP contribution in [-0.4, -0.2) is 14.9 Å². The monoisotopic (exact) mass is 246 g/mol. The van der Waals surface area contributed by atoms with E-state index in [2.05, 4.69) is 5.10 Å². The summed E-state index contributed by atoms with van der Waals surface area (Å²) >= 11 is 0. The lowest BCUT2D eigenvalue weighted by Crippen LogP contribution is -2.01. The zero-order chi connectivity index (χ0) is 12.7. The van der Waals surface area contributed by atoms with E-state index in [-0.39, 0.29) is 5.82 Å². The number of nitrogens with zero attached hydrogens (tertiary/aromatic N) is 2. The van der Waals surface area contributed by atoms with Gasteiger partial charge < -0.3 is 5.11 Å². The van der Waals surface area contributed by atoms with E-state index >= 15 is 0 Å². The molecule has 1 atom stereocenters. The molecule has 1 aliphatic rings. The van der Waals surface area contributed by atoms with Gasteiger partial charge in [-0.05, 0) is 43.5 Å². The minimum Gasteiger partial charge on any atom is -0.389 e. The zero-order valence-electron chi connectivity index (χ0n) is 10.2. The van der Waals surface area contributed by atoms with E-state index in [0.29, 0.717) is 17.2 Å². The van der Waals surface area contributed by atoms with Crippen LogP contribution in [0.4, 0.5) is 4.39 Å². The summed E-state index contributed by atoms with van der Waals surface area (Å²) in [5.74, 6) is 0.199. The number of aliphatic hydroxyl groups excluding tert-OH is 1. The molecule has 0 amide bonds. The molecule has 1 unspecified atom stereocenters. The van der Waals surface area contributed by atoms with Crippen molar-refractivity contribution in [2.75, 3.05) is 0 Å². The van der Waals surface area contributed by atoms with Crippen LogP contribution in [0.3, 0.4) is 0 Å². The van der Waals surface area contributed by atoms with E-state index in [1.807, 2.05) is 6.07 Å². The average Bonchev–Trinajstić information content (AvgIpc) is 3.08. The Hall–Kier alpha value is -1.68. The standard InChI is InChI=1S/C14H15FN2O/c1-9(18)11-4-5-14(12(15)8-11)17-7-6-13(16-17)10-2-3-10/h4-10,18H,2-3H2,1H3. The Kier molecular flexibility index (Phi) is 2.67. The fourth-order valence-corrected chi connectivity index (χ4v) is 2.04. The molecule has 3 rings (SSSR count). The van der Waals surface area contributed by atoms with Crippen LogP contribution in [-0.2, 0) is 0 Å². The van der Waals surface area contributed by atoms with E-state index in [1.165, 1.54) is 18.9 Å². The highest BCUT2D eigenvalue weighted by Gasteiger charge is 2.26. The van der Waals surface area contributed by atoms with Crippen molar-refractivity contribution in [1.82, 2.24) is 9.78 Å². The van der Waals surface area contributed by atoms with Crippen molar-refractivity contribution in [1.29, 1.82) is 0 Å². The first-order valence-electron chi connectivity index (χ1n) is 6.18. The van der Waals surface area contributed by atoms with Gasteiger partial charge in [0.15, 0.2) is 0 Å². The zero-order valence-corrected chi connectivity index (χ0v) is 10.2. The van der Waals surface area contributed by atoms with Crippen molar-refractivity contribution in [3.8, 4) is 5.69 Å². The van der Waals surface area contributed by atoms with Gasteiger partial charge in [-0.25, -0.2) is 9.07 Å². The van der Waals surface area contributed by atoms with Gasteiger partial charge in [-0.15, -0.1) is 0 Å². The number of rotatable bonds is 3. The lowest BCUT2D eigenvalue weighted by atomic mass is 10.1. The van der Waals surface area contributed by atoms with Crippen molar-refractivity contribution in [2.24, 2.45) is 0 Å². The van der Waals surface area contributed by atoms with Crippen LogP contribution in [0.2, 0.25) is 0 Å². The molecule has 18 heavy (non-hydrogen) atoms. The van der Waals surface area contributed by atoms with E-state index in [4.69, 9.17) is 0 Å². The maximum atomic E-state index is 14.0. The first-order chi connectivity index (χ1) is 8.65. The van der Waals surface area contributed by atoms with Gasteiger partial charge in [-0.1, -0.05) is 6.07 Å². The quantitative estimate of drug-likeness (QED) is 0.904. The van der Waals surface area contributed by atoms with Crippen molar-refractivity contribution in [3.63, 3.8) is 0 Å². The summed E-state index contributed by atoms with van der Waals surface area (Å²) in [4.78, 5) is 0. The molecule has 1 fully saturated rings. The van der Waals surface area contributed by atoms with Crippen molar-refractivity contribution in [3.05, 3.63) is 47.5 Å². The molecule has 1 saturated carbocycles. The molecule has 4 heteroatoms. The molecule has 0 radical (unpaired) electrons. The molecule has 1 N–H and O–H groups in total. The first-order valence-corrected chi connectivity index (χ1v) is 6.18. The third kappa shape index (κ3) is 2.04. The second-order valence-corrected chi connectivity index (χ2v) is 4.85. The summed E-state index contributed by atoms with van der Waals surface area (Å²) in [7, 11) is 0. The highest BCUT2D eigenvalue weighted by molar-refractivity contribution is 5.37. The summed E-state index contributed by atoms with van der Waals surface area (Å²) < 4.78 is 15.5. The Bertz CT molecular complexity index is 573. The molecule has 1 aliphatic carbocycles. The van der Waals surface area contributed by atoms with E-state index < -0.39 is 6.10 Å². The molecule has 2 aromatic rings. The maximum Gasteiger partial charge on any atom is 0.149 e. The predicted octanol–water partition coefficient (Wildman–Crippen LogP) is 2.94. The third-order valence-electron chi connectivity index (χ3n) is 3.31. The minimum atomic E-state index is -0.659. The maximum absolute atomic E-state index is 14.0. The normalized spacial score (nSPS) is 16.8. The molecule has 0 saturated heterocycles. The summed E-state index contributed by atoms with van der Waals surface area (Å²) in [6, 6.07) is 6.68. The van der Waals surface area contributed by atoms with E-state index in [1.54, 1.807) is 29.9 Å². The van der Waals surface area contributed by atoms with Crippen LogP contribution in [0, 0.1) is 5.82 Å². The largest absolute Gasteiger partial charge is 0.389 e. The van der Waals surface area contributed by atoms with Crippen molar-refractivity contribution < 1.29 is 9.50 Å². The minimum absolute atomic E-state index is 0.362. The number of benzene rings is 1. The second kappa shape index (κ2) is 4.21. The van der Waals surface area contributed by atoms with Crippen molar-refractivity contribution >= 4 is 0 Å². The van der Waals surface area contributed by atoms with Gasteiger partial charge in [-0.3, -0.25) is 0 Å². The van der Waals surface area contributed by atoms with Gasteiger partial charge in [-0.2, -0.15) is 5.10 Å². The van der Waals surface area contributed by atoms with Gasteiger partial charge in [0.2, 0.25) is 0 Å². The second-order valence-electron chi connectivity index (χ2n) is 4.85. The Morgan fingerprint density at radius 2 is 2.17 bits per heavy atom. The topological polar surface area (TPSA) is 38.0 Å². The van der Waals surface area contributed by atoms with Gasteiger partial charge in [0.25, 0.3) is 0 Å². The Morgan fingerprint density at radius 1 is 1.39 bits per heavy atom. The molecule has 0 spiro atoms. The van der Waals surface area contributed by atoms with Crippen LogP contribution in [0.5, 0.6) is 0 Å². The van der Waals surface area contributed by atoms with Crippen LogP contribution in [0.25, 0.3) is 5.69 Å². The van der Waals surface area contributed by atoms with Crippen LogP contribution in [0.1, 0.15) is 43.0 Å². The molecule has 3 nitrogen and oxygen atoms in total. The summed E-state index contributed by atoms with van der Waals surface area (Å²) in [5.41, 5.74) is 2.03. The summed E-state index contributed by atoms with van der Waals surface area (Å²) in [6.45, 7) is 1.62. The van der Waals surface area contributed by atoms with Crippen LogP contribution < -0.4 is 0 Å². The molecule has 1 aromatic heterocycles. The fourth-order valence-electron chi connectivity index (χ4n) is 2.04. The number of aliphatic hydroxyl groups is 1. The third-order valence-corrected chi connectivity index (χ3v) is 3.31. The number of aromatic nitrogens is 2. The van der Waals surface area contributed by atoms with Gasteiger partial charge in [0, 0.05) is 12.1 Å². The van der Waals surface area contributed by atoms with Crippen LogP contribution >= 0.6 is 0 Å². The average molecular weight is 246 g/mol. The van der Waals surface area contributed by atoms with E-state index in [9.17, 15) is 9.50 Å². The highest BCUT2D eigenvalue weighted by Crippen LogP contribution is 2.39. The number of hydrogen-bond donors (Lipinski definition) is 1. The molecule has 1 heterocycles. The summed E-state index contributed by atoms with van der Waals surface area (Å²) in [5, 5.41) is 13.8. The number of hydrogen-bond acceptors (Lipinski definition) is 2. The SMILES string of the molecule is CC(O)c1ccc(-n2ccc(C3CC3)n2)c(F)c1. The molecular weight excluding hydrogens is 231 g/mol. The Balaban J connectivity index is 1.94. The van der Waals surface area contributed by atoms with Gasteiger partial charge >= 0.3 is 0 Å². The molecule has 0 aliphatic heterocycles. The first kappa shape index (κ1) is 11.4. The number of halogens is 1. The summed E-state index contributed by atoms with van der Waals surface area (Å²) in [6.07, 6.45) is 3.49. The van der Waals surface area contributed by atoms with Gasteiger partial charge in [0.1, 0.15) is 11.5 Å². The lowest BCUT2D eigenvalue weighted by Gasteiger charge is -2.08. The Labute approximate surface area is 105 Å². The molecular formula is C14H15FN2O. The molecule has 0 bridgehead atoms. The predicted molar refractivity (Wildman–Crippen MR) is 66.1 cm³/mol. The molecule has 1 aromatic carbocycles. The van der Waals surface area contributed by atoms with Crippen LogP contribution in [0.15, 0.2) is 30.5 Å². The Morgan fingerprint density at radius 3 is 2.78 bits per heavy atom. The fraction of sp³-hybridized carbons (Fsp3) is 0.357. The van der Waals surface area contributed by atoms with Crippen molar-refractivity contribution in [2.45, 2.75) is 31.8 Å². The van der Waals surface area contributed by atoms with E-state index in [0.717, 1.165) is 5.69 Å². The lowest BCUT2D eigenvalue weighted by molar-refractivity contribution is 0.199. The highest BCUT2D eigenvalue weighted by atomic mass is 19.1. The smallest absolute Gasteiger partial charge is 0.149 e. The molecule has 94 valence electrons.